The van der Waals surface area contributed by atoms with Crippen molar-refractivity contribution in [3.8, 4) is 0 Å². The average molecular weight is 463 g/mol. The van der Waals surface area contributed by atoms with Crippen LogP contribution in [0.2, 0.25) is 0 Å². The van der Waals surface area contributed by atoms with Gasteiger partial charge in [0, 0.05) is 30.7 Å². The fraction of sp³-hybridized carbons (Fsp3) is 0.263. The maximum absolute atomic E-state index is 12.8. The van der Waals surface area contributed by atoms with Crippen LogP contribution in [0, 0.1) is 0 Å². The third-order valence-electron chi connectivity index (χ3n) is 4.82. The van der Waals surface area contributed by atoms with Crippen LogP contribution in [0.4, 0.5) is 0 Å². The Kier molecular flexibility index (Phi) is 5.33. The highest BCUT2D eigenvalue weighted by molar-refractivity contribution is 9.10. The number of para-hydroxylation sites is 1. The van der Waals surface area contributed by atoms with Crippen LogP contribution < -0.4 is 5.56 Å². The number of H-pyrrole nitrogens is 1. The Morgan fingerprint density at radius 2 is 1.68 bits per heavy atom. The number of rotatable bonds is 4. The first-order valence-corrected chi connectivity index (χ1v) is 11.1. The Bertz CT molecular complexity index is 1150. The number of halogens is 1. The van der Waals surface area contributed by atoms with E-state index in [0.717, 1.165) is 4.47 Å². The molecule has 0 amide bonds. The highest BCUT2D eigenvalue weighted by Crippen LogP contribution is 2.20. The molecule has 1 fully saturated rings. The van der Waals surface area contributed by atoms with E-state index >= 15 is 0 Å². The molecule has 0 atom stereocenters. The van der Waals surface area contributed by atoms with E-state index in [9.17, 15) is 13.2 Å². The summed E-state index contributed by atoms with van der Waals surface area (Å²) >= 11 is 3.32. The predicted octanol–water partition coefficient (Wildman–Crippen LogP) is 2.19. The first-order chi connectivity index (χ1) is 13.4. The SMILES string of the molecule is O=c1[nH]c(CN2CCN(S(=O)(=O)c3ccc(Br)cc3)CC2)nc2ccccc12. The highest BCUT2D eigenvalue weighted by atomic mass is 79.9. The average Bonchev–Trinajstić information content (AvgIpc) is 2.69. The lowest BCUT2D eigenvalue weighted by Gasteiger charge is -2.33. The van der Waals surface area contributed by atoms with Crippen molar-refractivity contribution in [2.45, 2.75) is 11.4 Å². The number of piperazine rings is 1. The van der Waals surface area contributed by atoms with Gasteiger partial charge in [-0.1, -0.05) is 28.1 Å². The summed E-state index contributed by atoms with van der Waals surface area (Å²) in [6, 6.07) is 13.9. The van der Waals surface area contributed by atoms with Crippen molar-refractivity contribution in [1.82, 2.24) is 19.2 Å². The van der Waals surface area contributed by atoms with Crippen LogP contribution in [-0.4, -0.2) is 53.8 Å². The largest absolute Gasteiger partial charge is 0.309 e. The fourth-order valence-electron chi connectivity index (χ4n) is 3.31. The van der Waals surface area contributed by atoms with Crippen molar-refractivity contribution in [1.29, 1.82) is 0 Å². The first kappa shape index (κ1) is 19.3. The summed E-state index contributed by atoms with van der Waals surface area (Å²) in [5, 5.41) is 0.566. The molecule has 7 nitrogen and oxygen atoms in total. The lowest BCUT2D eigenvalue weighted by Crippen LogP contribution is -2.48. The molecule has 28 heavy (non-hydrogen) atoms. The third-order valence-corrected chi connectivity index (χ3v) is 7.26. The van der Waals surface area contributed by atoms with Gasteiger partial charge < -0.3 is 4.98 Å². The van der Waals surface area contributed by atoms with Crippen molar-refractivity contribution in [2.24, 2.45) is 0 Å². The number of hydrogen-bond donors (Lipinski definition) is 1. The lowest BCUT2D eigenvalue weighted by molar-refractivity contribution is 0.178. The van der Waals surface area contributed by atoms with Crippen LogP contribution in [0.1, 0.15) is 5.82 Å². The van der Waals surface area contributed by atoms with Gasteiger partial charge in [-0.15, -0.1) is 0 Å². The number of hydrogen-bond acceptors (Lipinski definition) is 5. The second kappa shape index (κ2) is 7.75. The van der Waals surface area contributed by atoms with E-state index in [1.165, 1.54) is 4.31 Å². The standard InChI is InChI=1S/C19H19BrN4O3S/c20-14-5-7-15(8-6-14)28(26,27)24-11-9-23(10-12-24)13-18-21-17-4-2-1-3-16(17)19(25)22-18/h1-8H,9-13H2,(H,21,22,25). The molecule has 1 aliphatic heterocycles. The number of benzene rings is 2. The van der Waals surface area contributed by atoms with E-state index in [4.69, 9.17) is 0 Å². The fourth-order valence-corrected chi connectivity index (χ4v) is 4.99. The molecule has 0 radical (unpaired) electrons. The Morgan fingerprint density at radius 1 is 1.00 bits per heavy atom. The molecule has 3 aromatic rings. The molecule has 0 aliphatic carbocycles. The second-order valence-electron chi connectivity index (χ2n) is 6.66. The predicted molar refractivity (Wildman–Crippen MR) is 111 cm³/mol. The van der Waals surface area contributed by atoms with E-state index in [2.05, 4.69) is 30.8 Å². The molecule has 1 N–H and O–H groups in total. The van der Waals surface area contributed by atoms with Crippen molar-refractivity contribution in [3.63, 3.8) is 0 Å². The summed E-state index contributed by atoms with van der Waals surface area (Å²) in [6.45, 7) is 2.43. The smallest absolute Gasteiger partial charge is 0.258 e. The molecule has 0 spiro atoms. The topological polar surface area (TPSA) is 86.4 Å². The van der Waals surface area contributed by atoms with Gasteiger partial charge in [-0.3, -0.25) is 9.69 Å². The van der Waals surface area contributed by atoms with Gasteiger partial charge in [-0.25, -0.2) is 13.4 Å². The van der Waals surface area contributed by atoms with E-state index in [1.807, 2.05) is 18.2 Å². The van der Waals surface area contributed by atoms with E-state index < -0.39 is 10.0 Å². The highest BCUT2D eigenvalue weighted by Gasteiger charge is 2.28. The van der Waals surface area contributed by atoms with Gasteiger partial charge in [0.15, 0.2) is 0 Å². The van der Waals surface area contributed by atoms with Gasteiger partial charge in [-0.05, 0) is 36.4 Å². The lowest BCUT2D eigenvalue weighted by atomic mass is 10.2. The Morgan fingerprint density at radius 3 is 2.39 bits per heavy atom. The molecule has 9 heteroatoms. The monoisotopic (exact) mass is 462 g/mol. The second-order valence-corrected chi connectivity index (χ2v) is 9.52. The molecule has 0 unspecified atom stereocenters. The molecule has 146 valence electrons. The minimum absolute atomic E-state index is 0.156. The number of fused-ring (bicyclic) bond motifs is 1. The van der Waals surface area contributed by atoms with E-state index in [-0.39, 0.29) is 5.56 Å². The van der Waals surface area contributed by atoms with Crippen molar-refractivity contribution in [2.75, 3.05) is 26.2 Å². The Hall–Kier alpha value is -2.07. The summed E-state index contributed by atoms with van der Waals surface area (Å²) in [7, 11) is -3.50. The summed E-state index contributed by atoms with van der Waals surface area (Å²) < 4.78 is 27.9. The van der Waals surface area contributed by atoms with Crippen molar-refractivity contribution < 1.29 is 8.42 Å². The van der Waals surface area contributed by atoms with Crippen LogP contribution >= 0.6 is 15.9 Å². The Balaban J connectivity index is 1.44. The molecule has 1 saturated heterocycles. The molecule has 1 aliphatic rings. The molecule has 0 bridgehead atoms. The summed E-state index contributed by atoms with van der Waals surface area (Å²) in [5.74, 6) is 0.591. The summed E-state index contributed by atoms with van der Waals surface area (Å²) in [5.41, 5.74) is 0.509. The van der Waals surface area contributed by atoms with Crippen molar-refractivity contribution in [3.05, 3.63) is 69.2 Å². The van der Waals surface area contributed by atoms with Crippen LogP contribution in [0.25, 0.3) is 10.9 Å². The quantitative estimate of drug-likeness (QED) is 0.641. The molecule has 4 rings (SSSR count). The van der Waals surface area contributed by atoms with Crippen LogP contribution in [0.5, 0.6) is 0 Å². The molecular weight excluding hydrogens is 444 g/mol. The zero-order valence-electron chi connectivity index (χ0n) is 15.0. The van der Waals surface area contributed by atoms with Crippen LogP contribution in [0.3, 0.4) is 0 Å². The first-order valence-electron chi connectivity index (χ1n) is 8.89. The molecule has 2 heterocycles. The van der Waals surface area contributed by atoms with Gasteiger partial charge in [0.05, 0.1) is 22.3 Å². The van der Waals surface area contributed by atoms with Gasteiger partial charge in [0.1, 0.15) is 5.82 Å². The van der Waals surface area contributed by atoms with Gasteiger partial charge in [0.2, 0.25) is 10.0 Å². The van der Waals surface area contributed by atoms with E-state index in [0.29, 0.717) is 54.3 Å². The number of aromatic amines is 1. The molecule has 1 aromatic heterocycles. The van der Waals surface area contributed by atoms with Gasteiger partial charge >= 0.3 is 0 Å². The van der Waals surface area contributed by atoms with Crippen molar-refractivity contribution >= 4 is 36.9 Å². The summed E-state index contributed by atoms with van der Waals surface area (Å²) in [4.78, 5) is 21.9. The minimum Gasteiger partial charge on any atom is -0.309 e. The van der Waals surface area contributed by atoms with E-state index in [1.54, 1.807) is 30.3 Å². The molecule has 2 aromatic carbocycles. The zero-order valence-corrected chi connectivity index (χ0v) is 17.4. The minimum atomic E-state index is -3.50. The number of sulfonamides is 1. The number of aromatic nitrogens is 2. The molecular formula is C19H19BrN4O3S. The van der Waals surface area contributed by atoms with Gasteiger partial charge in [0.25, 0.3) is 5.56 Å². The Labute approximate surface area is 171 Å². The number of nitrogens with one attached hydrogen (secondary N) is 1. The normalized spacial score (nSPS) is 16.5. The summed E-state index contributed by atoms with van der Waals surface area (Å²) in [6.07, 6.45) is 0. The number of nitrogens with zero attached hydrogens (tertiary/aromatic N) is 3. The third kappa shape index (κ3) is 3.88. The van der Waals surface area contributed by atoms with Gasteiger partial charge in [-0.2, -0.15) is 4.31 Å². The van der Waals surface area contributed by atoms with Crippen LogP contribution in [0.15, 0.2) is 62.7 Å². The molecule has 0 saturated carbocycles. The van der Waals surface area contributed by atoms with Crippen LogP contribution in [-0.2, 0) is 16.6 Å². The maximum Gasteiger partial charge on any atom is 0.258 e. The zero-order chi connectivity index (χ0) is 19.7. The maximum atomic E-state index is 12.8.